The Morgan fingerprint density at radius 3 is 0.812 bits per heavy atom. The monoisotopic (exact) mass is 714 g/mol. The number of benzene rings is 2. The second-order valence-corrected chi connectivity index (χ2v) is 48.7. The summed E-state index contributed by atoms with van der Waals surface area (Å²) < 4.78 is 5.60. The van der Waals surface area contributed by atoms with Crippen molar-refractivity contribution >= 4 is 82.5 Å². The molecular formula is C26H48Sb2Si4. The molecule has 2 aromatic rings. The first-order valence-electron chi connectivity index (χ1n) is 11.9. The van der Waals surface area contributed by atoms with Crippen molar-refractivity contribution in [3.8, 4) is 0 Å². The Morgan fingerprint density at radius 2 is 0.625 bits per heavy atom. The van der Waals surface area contributed by atoms with E-state index in [1.54, 1.807) is 7.02 Å². The van der Waals surface area contributed by atoms with Crippen molar-refractivity contribution in [3.63, 3.8) is 0 Å². The summed E-state index contributed by atoms with van der Waals surface area (Å²) in [5, 5.41) is 0. The molecule has 0 nitrogen and oxygen atoms in total. The Bertz CT molecular complexity index is 686. The van der Waals surface area contributed by atoms with Crippen LogP contribution in [0.5, 0.6) is 0 Å². The van der Waals surface area contributed by atoms with Gasteiger partial charge in [-0.3, -0.25) is 0 Å². The molecule has 2 aromatic carbocycles. The van der Waals surface area contributed by atoms with Crippen molar-refractivity contribution < 1.29 is 0 Å². The third-order valence-corrected chi connectivity index (χ3v) is 57.2. The van der Waals surface area contributed by atoms with Gasteiger partial charge in [0, 0.05) is 0 Å². The first-order chi connectivity index (χ1) is 14.4. The van der Waals surface area contributed by atoms with Gasteiger partial charge in [0.15, 0.2) is 0 Å². The van der Waals surface area contributed by atoms with E-state index in [1.807, 2.05) is 0 Å². The van der Waals surface area contributed by atoms with Crippen LogP contribution >= 0.6 is 0 Å². The van der Waals surface area contributed by atoms with Crippen LogP contribution in [0.15, 0.2) is 60.7 Å². The van der Waals surface area contributed by atoms with E-state index in [9.17, 15) is 0 Å². The second-order valence-electron chi connectivity index (χ2n) is 13.2. The minimum absolute atomic E-state index is 0.193. The molecule has 0 saturated heterocycles. The Labute approximate surface area is 225 Å². The van der Waals surface area contributed by atoms with Crippen molar-refractivity contribution in [1.29, 1.82) is 0 Å². The van der Waals surface area contributed by atoms with Crippen molar-refractivity contribution in [2.45, 2.75) is 84.8 Å². The molecule has 0 atom stereocenters. The molecule has 0 aliphatic carbocycles. The molecule has 0 fully saturated rings. The van der Waals surface area contributed by atoms with Crippen LogP contribution in [0.25, 0.3) is 0 Å². The molecule has 178 valence electrons. The van der Waals surface area contributed by atoms with Gasteiger partial charge in [-0.15, -0.1) is 0 Å². The van der Waals surface area contributed by atoms with Gasteiger partial charge >= 0.3 is 228 Å². The molecule has 0 spiro atoms. The van der Waals surface area contributed by atoms with Crippen LogP contribution in [0.1, 0.15) is 0 Å². The summed E-state index contributed by atoms with van der Waals surface area (Å²) in [4.78, 5) is 0. The van der Waals surface area contributed by atoms with E-state index in [2.05, 4.69) is 139 Å². The van der Waals surface area contributed by atoms with Gasteiger partial charge in [-0.1, -0.05) is 0 Å². The van der Waals surface area contributed by atoms with Crippen LogP contribution in [-0.4, -0.2) is 75.5 Å². The Morgan fingerprint density at radius 1 is 0.406 bits per heavy atom. The maximum absolute atomic E-state index is 2.56. The fourth-order valence-electron chi connectivity index (χ4n) is 4.70. The summed E-state index contributed by atoms with van der Waals surface area (Å²) in [5.41, 5.74) is 0. The van der Waals surface area contributed by atoms with E-state index in [-0.39, 0.29) is 43.2 Å². The Kier molecular flexibility index (Phi) is 12.4. The average Bonchev–Trinajstić information content (AvgIpc) is 2.63. The summed E-state index contributed by atoms with van der Waals surface area (Å²) in [6.07, 6.45) is 0. The van der Waals surface area contributed by atoms with E-state index in [0.29, 0.717) is 0 Å². The SMILES string of the molecule is C[Si](C)(C)[CH]([Sb][c]1ccccc1)[Si](C)(C)C.C[Si](C)(C)[CH]([Sb][c]1ccccc1)[Si](C)(C)C. The fourth-order valence-corrected chi connectivity index (χ4v) is 48.0. The molecule has 2 radical (unpaired) electrons. The molecule has 0 saturated carbocycles. The van der Waals surface area contributed by atoms with E-state index >= 15 is 0 Å². The maximum atomic E-state index is 2.56. The predicted molar refractivity (Wildman–Crippen MR) is 165 cm³/mol. The zero-order valence-corrected chi connectivity index (χ0v) is 31.9. The van der Waals surface area contributed by atoms with Gasteiger partial charge in [0.05, 0.1) is 0 Å². The van der Waals surface area contributed by atoms with Gasteiger partial charge < -0.3 is 0 Å². The van der Waals surface area contributed by atoms with Crippen LogP contribution in [-0.2, 0) is 0 Å². The zero-order chi connectivity index (χ0) is 24.8. The molecule has 0 heterocycles. The molecular weight excluding hydrogens is 668 g/mol. The molecule has 6 heteroatoms. The molecule has 0 amide bonds. The predicted octanol–water partition coefficient (Wildman–Crippen LogP) is 7.12. The first kappa shape index (κ1) is 31.0. The van der Waals surface area contributed by atoms with Crippen molar-refractivity contribution in [1.82, 2.24) is 0 Å². The van der Waals surface area contributed by atoms with E-state index < -0.39 is 32.3 Å². The van der Waals surface area contributed by atoms with Crippen molar-refractivity contribution in [2.24, 2.45) is 0 Å². The summed E-state index contributed by atoms with van der Waals surface area (Å²) in [7, 11) is -3.91. The van der Waals surface area contributed by atoms with E-state index in [4.69, 9.17) is 0 Å². The summed E-state index contributed by atoms with van der Waals surface area (Å²) in [6, 6.07) is 22.5. The van der Waals surface area contributed by atoms with Crippen LogP contribution < -0.4 is 7.02 Å². The second kappa shape index (κ2) is 12.8. The molecule has 32 heavy (non-hydrogen) atoms. The summed E-state index contributed by atoms with van der Waals surface area (Å²) in [6.45, 7) is 30.8. The average molecular weight is 717 g/mol. The molecule has 0 aliphatic rings. The van der Waals surface area contributed by atoms with Crippen molar-refractivity contribution in [2.75, 3.05) is 0 Å². The quantitative estimate of drug-likeness (QED) is 0.256. The van der Waals surface area contributed by atoms with Gasteiger partial charge in [-0.25, -0.2) is 0 Å². The van der Waals surface area contributed by atoms with Gasteiger partial charge in [0.2, 0.25) is 0 Å². The molecule has 0 aromatic heterocycles. The van der Waals surface area contributed by atoms with Crippen LogP contribution in [0.2, 0.25) is 84.8 Å². The van der Waals surface area contributed by atoms with Gasteiger partial charge in [-0.05, 0) is 0 Å². The molecule has 0 bridgehead atoms. The molecule has 0 aliphatic heterocycles. The zero-order valence-electron chi connectivity index (χ0n) is 22.8. The first-order valence-corrected chi connectivity index (χ1v) is 31.7. The third-order valence-electron chi connectivity index (χ3n) is 5.35. The molecule has 0 N–H and O–H groups in total. The number of rotatable bonds is 8. The summed E-state index contributed by atoms with van der Waals surface area (Å²) in [5.74, 6) is 0. The van der Waals surface area contributed by atoms with E-state index in [1.165, 1.54) is 0 Å². The normalized spacial score (nSPS) is 13.2. The van der Waals surface area contributed by atoms with Gasteiger partial charge in [0.25, 0.3) is 0 Å². The van der Waals surface area contributed by atoms with Crippen LogP contribution in [0.4, 0.5) is 0 Å². The molecule has 0 unspecified atom stereocenters. The molecule has 2 rings (SSSR count). The van der Waals surface area contributed by atoms with Gasteiger partial charge in [0.1, 0.15) is 0 Å². The van der Waals surface area contributed by atoms with E-state index in [0.717, 1.165) is 6.22 Å². The third kappa shape index (κ3) is 11.6. The topological polar surface area (TPSA) is 0 Å². The summed E-state index contributed by atoms with van der Waals surface area (Å²) >= 11 is -0.386. The van der Waals surface area contributed by atoms with Gasteiger partial charge in [-0.2, -0.15) is 0 Å². The fraction of sp³-hybridized carbons (Fsp3) is 0.538. The number of hydrogen-bond donors (Lipinski definition) is 0. The number of hydrogen-bond acceptors (Lipinski definition) is 0. The standard InChI is InChI=1S/2C7H19Si2.2C6H5.2Sb/c2*1-8(2,3)7-9(4,5)6;2*1-2-4-6-5-3-1;;/h2*7H,1-6H3;2*1-5H;;. The minimum atomic E-state index is -0.976. The Hall–Kier alpha value is 0.944. The van der Waals surface area contributed by atoms with Crippen molar-refractivity contribution in [3.05, 3.63) is 60.7 Å². The Balaban J connectivity index is 0.000000320. The van der Waals surface area contributed by atoms with Crippen LogP contribution in [0, 0.1) is 0 Å². The van der Waals surface area contributed by atoms with Crippen LogP contribution in [0.3, 0.4) is 0 Å².